The zero-order chi connectivity index (χ0) is 28.6. The molecule has 3 atom stereocenters. The highest BCUT2D eigenvalue weighted by atomic mass is 28.4. The Kier molecular flexibility index (Phi) is 12.0. The van der Waals surface area contributed by atoms with Crippen molar-refractivity contribution in [3.63, 3.8) is 0 Å². The number of hydrogen-bond acceptors (Lipinski definition) is 7. The van der Waals surface area contributed by atoms with Gasteiger partial charge in [0.05, 0.1) is 17.9 Å². The molecule has 0 aromatic heterocycles. The van der Waals surface area contributed by atoms with Gasteiger partial charge in [-0.1, -0.05) is 46.1 Å². The molecule has 1 aliphatic rings. The Morgan fingerprint density at radius 3 is 1.86 bits per heavy atom. The Hall–Kier alpha value is -2.66. The van der Waals surface area contributed by atoms with Crippen LogP contribution in [-0.4, -0.2) is 94.5 Å². The molecule has 0 bridgehead atoms. The summed E-state index contributed by atoms with van der Waals surface area (Å²) in [5.74, 6) is -1.52. The van der Waals surface area contributed by atoms with Crippen molar-refractivity contribution in [2.24, 2.45) is 11.8 Å². The molecule has 3 amide bonds. The number of Topliss-reactive ketones (excluding diaryl/α,β-unsaturated/α-hetero) is 1. The van der Waals surface area contributed by atoms with Crippen LogP contribution in [0.15, 0.2) is 25.3 Å². The number of nitrogens with zero attached hydrogens (tertiary/aromatic N) is 2. The standard InChI is InChI=1S/C26H45N3O7Si/c1-11-13-34-24(32)28(7)16-19(17-29(8)25(33)35-14-12-2)21(30)15-20-22(23(31)27-20)18(3)36-37(9,10)26(4,5)6/h11-12,18-20,22H,1-2,13-17H2,3-10H3,(H,27,31)/t18-,20-,22-/m1/s1. The molecule has 37 heavy (non-hydrogen) atoms. The summed E-state index contributed by atoms with van der Waals surface area (Å²) in [5, 5.41) is 2.81. The van der Waals surface area contributed by atoms with Crippen LogP contribution in [0.1, 0.15) is 34.1 Å². The molecule has 1 aliphatic heterocycles. The SMILES string of the molecule is C=CCOC(=O)N(C)CC(CN(C)C(=O)OCC=C)C(=O)C[C@H]1NC(=O)[C@@H]1[C@@H](C)O[Si](C)(C)C(C)(C)C. The second-order valence-electron chi connectivity index (χ2n) is 11.1. The first-order chi connectivity index (χ1) is 17.0. The molecule has 0 saturated carbocycles. The van der Waals surface area contributed by atoms with Crippen molar-refractivity contribution in [3.8, 4) is 0 Å². The highest BCUT2D eigenvalue weighted by molar-refractivity contribution is 6.74. The maximum absolute atomic E-state index is 13.4. The number of carbonyl (C=O) groups is 4. The van der Waals surface area contributed by atoms with Crippen molar-refractivity contribution in [2.75, 3.05) is 40.4 Å². The summed E-state index contributed by atoms with van der Waals surface area (Å²) in [6, 6.07) is -0.390. The van der Waals surface area contributed by atoms with E-state index in [9.17, 15) is 19.2 Å². The van der Waals surface area contributed by atoms with E-state index < -0.39 is 38.4 Å². The topological polar surface area (TPSA) is 114 Å². The van der Waals surface area contributed by atoms with E-state index >= 15 is 0 Å². The first-order valence-corrected chi connectivity index (χ1v) is 15.4. The number of rotatable bonds is 14. The van der Waals surface area contributed by atoms with E-state index in [0.717, 1.165) is 0 Å². The average Bonchev–Trinajstić information content (AvgIpc) is 2.78. The molecular formula is C26H45N3O7Si. The van der Waals surface area contributed by atoms with Crippen molar-refractivity contribution in [2.45, 2.75) is 64.4 Å². The number of hydrogen-bond donors (Lipinski definition) is 1. The summed E-state index contributed by atoms with van der Waals surface area (Å²) in [7, 11) is 0.917. The minimum absolute atomic E-state index is 0.0204. The van der Waals surface area contributed by atoms with Crippen molar-refractivity contribution in [1.82, 2.24) is 15.1 Å². The number of β-lactam (4-membered cyclic amide) rings is 1. The van der Waals surface area contributed by atoms with Crippen LogP contribution in [0.25, 0.3) is 0 Å². The molecule has 0 spiro atoms. The van der Waals surface area contributed by atoms with Gasteiger partial charge in [0.1, 0.15) is 19.0 Å². The summed E-state index contributed by atoms with van der Waals surface area (Å²) in [6.07, 6.45) is 1.38. The lowest BCUT2D eigenvalue weighted by Crippen LogP contribution is -2.64. The molecule has 0 unspecified atom stereocenters. The molecule has 1 saturated heterocycles. The van der Waals surface area contributed by atoms with Gasteiger partial charge in [0.2, 0.25) is 5.91 Å². The lowest BCUT2D eigenvalue weighted by molar-refractivity contribution is -0.141. The van der Waals surface area contributed by atoms with Gasteiger partial charge in [0.15, 0.2) is 8.32 Å². The highest BCUT2D eigenvalue weighted by Crippen LogP contribution is 2.39. The number of nitrogens with one attached hydrogen (secondary N) is 1. The summed E-state index contributed by atoms with van der Waals surface area (Å²) in [4.78, 5) is 53.0. The first-order valence-electron chi connectivity index (χ1n) is 12.5. The van der Waals surface area contributed by atoms with Gasteiger partial charge >= 0.3 is 12.2 Å². The Morgan fingerprint density at radius 2 is 1.49 bits per heavy atom. The molecule has 0 aromatic carbocycles. The summed E-state index contributed by atoms with van der Waals surface area (Å²) < 4.78 is 16.5. The predicted octanol–water partition coefficient (Wildman–Crippen LogP) is 3.60. The third-order valence-electron chi connectivity index (χ3n) is 6.99. The van der Waals surface area contributed by atoms with E-state index in [0.29, 0.717) is 0 Å². The zero-order valence-corrected chi connectivity index (χ0v) is 24.7. The van der Waals surface area contributed by atoms with E-state index in [4.69, 9.17) is 13.9 Å². The summed E-state index contributed by atoms with van der Waals surface area (Å²) in [6.45, 7) is 19.7. The largest absolute Gasteiger partial charge is 0.445 e. The molecule has 1 N–H and O–H groups in total. The van der Waals surface area contributed by atoms with Gasteiger partial charge < -0.3 is 29.0 Å². The van der Waals surface area contributed by atoms with Gasteiger partial charge in [-0.15, -0.1) is 0 Å². The highest BCUT2D eigenvalue weighted by Gasteiger charge is 2.48. The van der Waals surface area contributed by atoms with Gasteiger partial charge in [0.25, 0.3) is 0 Å². The maximum Gasteiger partial charge on any atom is 0.409 e. The number of ether oxygens (including phenoxy) is 2. The second kappa shape index (κ2) is 13.8. The third-order valence-corrected chi connectivity index (χ3v) is 11.6. The van der Waals surface area contributed by atoms with Gasteiger partial charge in [-0.3, -0.25) is 9.59 Å². The van der Waals surface area contributed by atoms with Crippen LogP contribution in [0.4, 0.5) is 9.59 Å². The van der Waals surface area contributed by atoms with Gasteiger partial charge in [-0.2, -0.15) is 0 Å². The van der Waals surface area contributed by atoms with Crippen molar-refractivity contribution < 1.29 is 33.1 Å². The fourth-order valence-corrected chi connectivity index (χ4v) is 5.25. The number of carbonyl (C=O) groups excluding carboxylic acids is 4. The predicted molar refractivity (Wildman–Crippen MR) is 145 cm³/mol. The van der Waals surface area contributed by atoms with Gasteiger partial charge in [-0.25, -0.2) is 9.59 Å². The zero-order valence-electron chi connectivity index (χ0n) is 23.7. The lowest BCUT2D eigenvalue weighted by atomic mass is 9.81. The minimum atomic E-state index is -2.12. The Labute approximate surface area is 222 Å². The Bertz CT molecular complexity index is 824. The molecule has 0 aromatic rings. The lowest BCUT2D eigenvalue weighted by Gasteiger charge is -2.45. The van der Waals surface area contributed by atoms with Crippen molar-refractivity contribution in [1.29, 1.82) is 0 Å². The summed E-state index contributed by atoms with van der Waals surface area (Å²) >= 11 is 0. The van der Waals surface area contributed by atoms with Crippen molar-refractivity contribution >= 4 is 32.2 Å². The molecule has 0 aliphatic carbocycles. The van der Waals surface area contributed by atoms with E-state index in [1.807, 2.05) is 6.92 Å². The fraction of sp³-hybridized carbons (Fsp3) is 0.692. The second-order valence-corrected chi connectivity index (χ2v) is 15.8. The monoisotopic (exact) mass is 539 g/mol. The summed E-state index contributed by atoms with van der Waals surface area (Å²) in [5.41, 5.74) is 0. The third kappa shape index (κ3) is 9.30. The van der Waals surface area contributed by atoms with Crippen LogP contribution < -0.4 is 5.32 Å². The molecule has 1 rings (SSSR count). The average molecular weight is 540 g/mol. The van der Waals surface area contributed by atoms with Gasteiger partial charge in [0, 0.05) is 39.6 Å². The molecule has 210 valence electrons. The van der Waals surface area contributed by atoms with Crippen LogP contribution in [-0.2, 0) is 23.5 Å². The van der Waals surface area contributed by atoms with E-state index in [1.54, 1.807) is 0 Å². The molecule has 0 radical (unpaired) electrons. The van der Waals surface area contributed by atoms with E-state index in [-0.39, 0.29) is 55.6 Å². The quantitative estimate of drug-likeness (QED) is 0.204. The van der Waals surface area contributed by atoms with Crippen LogP contribution >= 0.6 is 0 Å². The van der Waals surface area contributed by atoms with Gasteiger partial charge in [-0.05, 0) is 25.1 Å². The number of ketones is 1. The van der Waals surface area contributed by atoms with Crippen molar-refractivity contribution in [3.05, 3.63) is 25.3 Å². The smallest absolute Gasteiger partial charge is 0.409 e. The molecule has 11 heteroatoms. The van der Waals surface area contributed by atoms with Crippen LogP contribution in [0.5, 0.6) is 0 Å². The Balaban J connectivity index is 2.98. The normalized spacial score (nSPS) is 18.2. The van der Waals surface area contributed by atoms with Crippen LogP contribution in [0.3, 0.4) is 0 Å². The Morgan fingerprint density at radius 1 is 1.03 bits per heavy atom. The molecule has 1 fully saturated rings. The van der Waals surface area contributed by atoms with E-state index in [2.05, 4.69) is 52.3 Å². The van der Waals surface area contributed by atoms with Crippen LogP contribution in [0, 0.1) is 11.8 Å². The number of amides is 3. The van der Waals surface area contributed by atoms with Crippen LogP contribution in [0.2, 0.25) is 18.1 Å². The molecule has 1 heterocycles. The minimum Gasteiger partial charge on any atom is -0.445 e. The van der Waals surface area contributed by atoms with E-state index in [1.165, 1.54) is 36.0 Å². The molecule has 10 nitrogen and oxygen atoms in total. The maximum atomic E-state index is 13.4. The first kappa shape index (κ1) is 32.4. The fourth-order valence-electron chi connectivity index (χ4n) is 3.82. The molecular weight excluding hydrogens is 494 g/mol.